The molecule has 0 N–H and O–H groups in total. The van der Waals surface area contributed by atoms with E-state index in [0.717, 1.165) is 16.6 Å². The van der Waals surface area contributed by atoms with Crippen LogP contribution in [0.2, 0.25) is 0 Å². The predicted octanol–water partition coefficient (Wildman–Crippen LogP) is 2.37. The summed E-state index contributed by atoms with van der Waals surface area (Å²) in [7, 11) is 0. The van der Waals surface area contributed by atoms with Crippen molar-refractivity contribution in [1.29, 1.82) is 0 Å². The fraction of sp³-hybridized carbons (Fsp3) is 0.100. The second-order valence-electron chi connectivity index (χ2n) is 5.70. The molecule has 0 amide bonds. The first-order chi connectivity index (χ1) is 11.7. The Kier molecular flexibility index (Phi) is 3.31. The third-order valence-corrected chi connectivity index (χ3v) is 4.34. The first kappa shape index (κ1) is 14.5. The van der Waals surface area contributed by atoms with Crippen molar-refractivity contribution < 1.29 is 9.51 Å². The second kappa shape index (κ2) is 5.49. The Morgan fingerprint density at radius 3 is 2.42 bits per heavy atom. The van der Waals surface area contributed by atoms with Crippen LogP contribution in [0.5, 0.6) is 5.88 Å². The molecule has 0 aliphatic rings. The lowest BCUT2D eigenvalue weighted by Crippen LogP contribution is -2.39. The van der Waals surface area contributed by atoms with Gasteiger partial charge in [0.25, 0.3) is 5.65 Å². The first-order valence-electron chi connectivity index (χ1n) is 7.96. The van der Waals surface area contributed by atoms with Crippen LogP contribution < -0.4 is 15.1 Å². The number of hydrogen-bond acceptors (Lipinski definition) is 2. The van der Waals surface area contributed by atoms with Gasteiger partial charge >= 0.3 is 5.56 Å². The Morgan fingerprint density at radius 1 is 0.958 bits per heavy atom. The predicted molar refractivity (Wildman–Crippen MR) is 91.5 cm³/mol. The number of benzene rings is 2. The molecule has 0 fully saturated rings. The number of para-hydroxylation sites is 2. The summed E-state index contributed by atoms with van der Waals surface area (Å²) in [6.45, 7) is 1.84. The average Bonchev–Trinajstić information content (AvgIpc) is 2.62. The molecular formula is C20H16N2O2. The van der Waals surface area contributed by atoms with Gasteiger partial charge in [-0.25, -0.2) is 9.20 Å². The highest BCUT2D eigenvalue weighted by molar-refractivity contribution is 5.77. The minimum Gasteiger partial charge on any atom is -0.842 e. The van der Waals surface area contributed by atoms with Crippen LogP contribution in [0.25, 0.3) is 22.2 Å². The van der Waals surface area contributed by atoms with Gasteiger partial charge in [-0.3, -0.25) is 0 Å². The van der Waals surface area contributed by atoms with Crippen molar-refractivity contribution in [3.05, 3.63) is 82.6 Å². The molecule has 4 heteroatoms. The quantitative estimate of drug-likeness (QED) is 0.421. The lowest BCUT2D eigenvalue weighted by molar-refractivity contribution is -0.567. The van der Waals surface area contributed by atoms with Crippen molar-refractivity contribution in [3.63, 3.8) is 0 Å². The molecule has 0 radical (unpaired) electrons. The molecule has 4 aromatic rings. The minimum atomic E-state index is -0.246. The SMILES string of the molecule is CCc1c([O-])[n+]2c3ccccc3ccc2n(-c2ccccc2)c1=O. The summed E-state index contributed by atoms with van der Waals surface area (Å²) in [6.07, 6.45) is 0.399. The van der Waals surface area contributed by atoms with E-state index in [9.17, 15) is 9.90 Å². The number of aromatic nitrogens is 2. The van der Waals surface area contributed by atoms with E-state index in [2.05, 4.69) is 0 Å². The van der Waals surface area contributed by atoms with Gasteiger partial charge in [0.05, 0.1) is 11.4 Å². The molecule has 0 spiro atoms. The fourth-order valence-electron chi connectivity index (χ4n) is 3.18. The maximum Gasteiger partial charge on any atom is 0.345 e. The van der Waals surface area contributed by atoms with Crippen molar-refractivity contribution in [1.82, 2.24) is 4.57 Å². The number of rotatable bonds is 2. The Balaban J connectivity index is 2.28. The van der Waals surface area contributed by atoms with Crippen molar-refractivity contribution in [3.8, 4) is 11.6 Å². The molecule has 0 unspecified atom stereocenters. The zero-order chi connectivity index (χ0) is 16.7. The lowest BCUT2D eigenvalue weighted by atomic mass is 10.2. The summed E-state index contributed by atoms with van der Waals surface area (Å²) in [5.41, 5.74) is 2.19. The molecule has 0 aliphatic heterocycles. The smallest absolute Gasteiger partial charge is 0.345 e. The molecule has 118 valence electrons. The van der Waals surface area contributed by atoms with Crippen LogP contribution in [0.4, 0.5) is 0 Å². The summed E-state index contributed by atoms with van der Waals surface area (Å²) in [6, 6.07) is 20.9. The van der Waals surface area contributed by atoms with E-state index in [1.807, 2.05) is 73.7 Å². The van der Waals surface area contributed by atoms with E-state index >= 15 is 0 Å². The van der Waals surface area contributed by atoms with Crippen LogP contribution in [-0.4, -0.2) is 4.57 Å². The summed E-state index contributed by atoms with van der Waals surface area (Å²) < 4.78 is 3.26. The molecule has 0 saturated carbocycles. The van der Waals surface area contributed by atoms with E-state index in [1.54, 1.807) is 8.97 Å². The average molecular weight is 316 g/mol. The molecule has 4 nitrogen and oxygen atoms in total. The summed E-state index contributed by atoms with van der Waals surface area (Å²) in [5, 5.41) is 13.9. The highest BCUT2D eigenvalue weighted by Gasteiger charge is 2.21. The van der Waals surface area contributed by atoms with E-state index in [0.29, 0.717) is 17.6 Å². The van der Waals surface area contributed by atoms with Gasteiger partial charge in [0.2, 0.25) is 0 Å². The monoisotopic (exact) mass is 316 g/mol. The Morgan fingerprint density at radius 2 is 1.67 bits per heavy atom. The Hall–Kier alpha value is -3.14. The van der Waals surface area contributed by atoms with E-state index in [4.69, 9.17) is 0 Å². The lowest BCUT2D eigenvalue weighted by Gasteiger charge is -2.15. The Labute approximate surface area is 138 Å². The highest BCUT2D eigenvalue weighted by Crippen LogP contribution is 2.17. The highest BCUT2D eigenvalue weighted by atomic mass is 16.3. The standard InChI is InChI=1S/C20H16N2O2/c1-2-16-19(23)21(15-9-4-3-5-10-15)18-13-12-14-8-6-7-11-17(14)22(18)20(16)24/h3-13H,2H2,1H3. The van der Waals surface area contributed by atoms with Crippen molar-refractivity contribution in [2.75, 3.05) is 0 Å². The molecule has 2 aromatic heterocycles. The van der Waals surface area contributed by atoms with Crippen LogP contribution in [0, 0.1) is 0 Å². The van der Waals surface area contributed by atoms with Gasteiger partial charge < -0.3 is 5.11 Å². The fourth-order valence-corrected chi connectivity index (χ4v) is 3.18. The third-order valence-electron chi connectivity index (χ3n) is 4.34. The Bertz CT molecular complexity index is 1120. The maximum absolute atomic E-state index is 12.9. The molecule has 4 rings (SSSR count). The summed E-state index contributed by atoms with van der Waals surface area (Å²) >= 11 is 0. The van der Waals surface area contributed by atoms with Gasteiger partial charge in [-0.05, 0) is 30.7 Å². The van der Waals surface area contributed by atoms with Gasteiger partial charge in [0.1, 0.15) is 11.2 Å². The number of pyridine rings is 1. The molecular weight excluding hydrogens is 300 g/mol. The van der Waals surface area contributed by atoms with Crippen LogP contribution in [0.1, 0.15) is 12.5 Å². The maximum atomic E-state index is 12.9. The normalized spacial score (nSPS) is 11.2. The van der Waals surface area contributed by atoms with E-state index < -0.39 is 0 Å². The minimum absolute atomic E-state index is 0.235. The number of nitrogens with zero attached hydrogens (tertiary/aromatic N) is 2. The molecule has 0 saturated heterocycles. The van der Waals surface area contributed by atoms with Crippen LogP contribution in [0.3, 0.4) is 0 Å². The summed E-state index contributed by atoms with van der Waals surface area (Å²) in [4.78, 5) is 12.9. The molecule has 0 atom stereocenters. The van der Waals surface area contributed by atoms with Gasteiger partial charge in [0, 0.05) is 11.5 Å². The van der Waals surface area contributed by atoms with Crippen molar-refractivity contribution >= 4 is 16.6 Å². The van der Waals surface area contributed by atoms with Crippen molar-refractivity contribution in [2.45, 2.75) is 13.3 Å². The topological polar surface area (TPSA) is 49.2 Å². The number of hydrogen-bond donors (Lipinski definition) is 0. The van der Waals surface area contributed by atoms with Gasteiger partial charge in [-0.15, -0.1) is 0 Å². The zero-order valence-electron chi connectivity index (χ0n) is 13.3. The third kappa shape index (κ3) is 2.00. The molecule has 2 heterocycles. The van der Waals surface area contributed by atoms with Crippen molar-refractivity contribution in [2.24, 2.45) is 0 Å². The van der Waals surface area contributed by atoms with E-state index in [-0.39, 0.29) is 11.4 Å². The van der Waals surface area contributed by atoms with E-state index in [1.165, 1.54) is 0 Å². The van der Waals surface area contributed by atoms with Gasteiger partial charge in [0.15, 0.2) is 0 Å². The molecule has 2 aromatic carbocycles. The molecule has 0 aliphatic carbocycles. The number of fused-ring (bicyclic) bond motifs is 3. The molecule has 24 heavy (non-hydrogen) atoms. The van der Waals surface area contributed by atoms with Gasteiger partial charge in [-0.1, -0.05) is 43.3 Å². The van der Waals surface area contributed by atoms with Crippen LogP contribution >= 0.6 is 0 Å². The van der Waals surface area contributed by atoms with Gasteiger partial charge in [-0.2, -0.15) is 4.57 Å². The summed E-state index contributed by atoms with van der Waals surface area (Å²) in [5.74, 6) is -0.235. The van der Waals surface area contributed by atoms with Crippen LogP contribution in [-0.2, 0) is 6.42 Å². The zero-order valence-corrected chi connectivity index (χ0v) is 13.3. The van der Waals surface area contributed by atoms with Crippen LogP contribution in [0.15, 0.2) is 71.5 Å². The first-order valence-corrected chi connectivity index (χ1v) is 7.96. The largest absolute Gasteiger partial charge is 0.842 e. The molecule has 0 bridgehead atoms. The second-order valence-corrected chi connectivity index (χ2v) is 5.70.